The number of carboxylic acid groups (broad SMARTS) is 1. The maximum Gasteiger partial charge on any atom is 0.326 e. The van der Waals surface area contributed by atoms with E-state index in [2.05, 4.69) is 5.32 Å². The van der Waals surface area contributed by atoms with Gasteiger partial charge in [-0.25, -0.2) is 4.79 Å². The Balaban J connectivity index is 2.65. The standard InChI is InChI=1S/C15H26N2O4S/c1-4-5-6-13(18)17-9-22-8-12(17)14(19)16-11(15(20)21)7-10(2)3/h10-12H,4-9H2,1-3H3,(H,16,19)(H,20,21)/t11-,12?/m1/s1. The fourth-order valence-electron chi connectivity index (χ4n) is 2.34. The van der Waals surface area contributed by atoms with Crippen molar-refractivity contribution in [3.05, 3.63) is 0 Å². The predicted molar refractivity (Wildman–Crippen MR) is 86.5 cm³/mol. The van der Waals surface area contributed by atoms with Gasteiger partial charge in [-0.1, -0.05) is 27.2 Å². The first kappa shape index (κ1) is 18.8. The molecule has 1 fully saturated rings. The molecule has 1 heterocycles. The first-order valence-electron chi connectivity index (χ1n) is 7.77. The summed E-state index contributed by atoms with van der Waals surface area (Å²) in [6, 6.07) is -1.45. The number of hydrogen-bond donors (Lipinski definition) is 2. The van der Waals surface area contributed by atoms with Crippen LogP contribution in [0.2, 0.25) is 0 Å². The molecule has 1 rings (SSSR count). The summed E-state index contributed by atoms with van der Waals surface area (Å²) in [5.74, 6) is -0.218. The number of carboxylic acids is 1. The number of carbonyl (C=O) groups is 3. The number of amides is 2. The number of hydrogen-bond acceptors (Lipinski definition) is 4. The van der Waals surface area contributed by atoms with Gasteiger partial charge in [-0.3, -0.25) is 9.59 Å². The minimum atomic E-state index is -1.03. The highest BCUT2D eigenvalue weighted by Crippen LogP contribution is 2.22. The summed E-state index contributed by atoms with van der Waals surface area (Å²) in [5, 5.41) is 11.8. The Morgan fingerprint density at radius 1 is 1.36 bits per heavy atom. The number of carbonyl (C=O) groups excluding carboxylic acids is 2. The number of rotatable bonds is 8. The fraction of sp³-hybridized carbons (Fsp3) is 0.800. The Morgan fingerprint density at radius 2 is 2.05 bits per heavy atom. The molecule has 2 N–H and O–H groups in total. The molecule has 126 valence electrons. The van der Waals surface area contributed by atoms with Gasteiger partial charge in [0.05, 0.1) is 5.88 Å². The number of nitrogens with zero attached hydrogens (tertiary/aromatic N) is 1. The van der Waals surface area contributed by atoms with E-state index < -0.39 is 18.1 Å². The lowest BCUT2D eigenvalue weighted by atomic mass is 10.0. The van der Waals surface area contributed by atoms with E-state index in [4.69, 9.17) is 0 Å². The van der Waals surface area contributed by atoms with Crippen LogP contribution in [0, 0.1) is 5.92 Å². The van der Waals surface area contributed by atoms with Crippen molar-refractivity contribution >= 4 is 29.5 Å². The summed E-state index contributed by atoms with van der Waals surface area (Å²) in [7, 11) is 0. The summed E-state index contributed by atoms with van der Waals surface area (Å²) in [6.07, 6.45) is 2.55. The molecule has 1 aliphatic rings. The highest BCUT2D eigenvalue weighted by Gasteiger charge is 2.36. The fourth-order valence-corrected chi connectivity index (χ4v) is 3.52. The van der Waals surface area contributed by atoms with Crippen molar-refractivity contribution in [3.8, 4) is 0 Å². The maximum absolute atomic E-state index is 12.3. The Kier molecular flexibility index (Phi) is 7.72. The zero-order valence-corrected chi connectivity index (χ0v) is 14.3. The predicted octanol–water partition coefficient (Wildman–Crippen LogP) is 1.69. The molecule has 0 spiro atoms. The first-order chi connectivity index (χ1) is 10.4. The van der Waals surface area contributed by atoms with Crippen molar-refractivity contribution in [1.29, 1.82) is 0 Å². The van der Waals surface area contributed by atoms with Crippen LogP contribution >= 0.6 is 11.8 Å². The van der Waals surface area contributed by atoms with E-state index in [9.17, 15) is 19.5 Å². The summed E-state index contributed by atoms with van der Waals surface area (Å²) in [5.41, 5.74) is 0. The molecule has 2 atom stereocenters. The molecular weight excluding hydrogens is 304 g/mol. The zero-order valence-electron chi connectivity index (χ0n) is 13.5. The minimum absolute atomic E-state index is 0.0252. The largest absolute Gasteiger partial charge is 0.480 e. The van der Waals surface area contributed by atoms with E-state index in [0.29, 0.717) is 24.5 Å². The van der Waals surface area contributed by atoms with Crippen molar-refractivity contribution in [2.24, 2.45) is 5.92 Å². The molecule has 6 nitrogen and oxygen atoms in total. The number of nitrogens with one attached hydrogen (secondary N) is 1. The van der Waals surface area contributed by atoms with E-state index in [1.165, 1.54) is 11.8 Å². The Hall–Kier alpha value is -1.24. The summed E-state index contributed by atoms with van der Waals surface area (Å²) >= 11 is 1.53. The third-order valence-corrected chi connectivity index (χ3v) is 4.58. The van der Waals surface area contributed by atoms with Gasteiger partial charge in [0, 0.05) is 12.2 Å². The van der Waals surface area contributed by atoms with Crippen LogP contribution in [0.25, 0.3) is 0 Å². The second kappa shape index (κ2) is 9.02. The lowest BCUT2D eigenvalue weighted by Crippen LogP contribution is -2.52. The Labute approximate surface area is 136 Å². The third kappa shape index (κ3) is 5.51. The molecule has 0 saturated carbocycles. The molecule has 1 aliphatic heterocycles. The lowest BCUT2D eigenvalue weighted by Gasteiger charge is -2.25. The summed E-state index contributed by atoms with van der Waals surface area (Å²) in [4.78, 5) is 37.3. The van der Waals surface area contributed by atoms with Crippen LogP contribution in [0.5, 0.6) is 0 Å². The average molecular weight is 330 g/mol. The monoisotopic (exact) mass is 330 g/mol. The van der Waals surface area contributed by atoms with Gasteiger partial charge in [-0.15, -0.1) is 11.8 Å². The van der Waals surface area contributed by atoms with E-state index >= 15 is 0 Å². The van der Waals surface area contributed by atoms with Crippen LogP contribution in [0.15, 0.2) is 0 Å². The SMILES string of the molecule is CCCCC(=O)N1CSCC1C(=O)N[C@H](CC(C)C)C(=O)O. The van der Waals surface area contributed by atoms with Crippen molar-refractivity contribution in [3.63, 3.8) is 0 Å². The van der Waals surface area contributed by atoms with Gasteiger partial charge in [0.25, 0.3) is 0 Å². The van der Waals surface area contributed by atoms with Gasteiger partial charge >= 0.3 is 5.97 Å². The van der Waals surface area contributed by atoms with E-state index in [-0.39, 0.29) is 17.7 Å². The minimum Gasteiger partial charge on any atom is -0.480 e. The van der Waals surface area contributed by atoms with Gasteiger partial charge in [0.15, 0.2) is 0 Å². The number of unbranched alkanes of at least 4 members (excludes halogenated alkanes) is 1. The highest BCUT2D eigenvalue weighted by molar-refractivity contribution is 7.99. The van der Waals surface area contributed by atoms with E-state index in [1.807, 2.05) is 20.8 Å². The normalized spacial score (nSPS) is 19.3. The molecule has 0 aromatic heterocycles. The van der Waals surface area contributed by atoms with Crippen molar-refractivity contribution in [2.45, 2.75) is 58.5 Å². The van der Waals surface area contributed by atoms with Crippen LogP contribution < -0.4 is 5.32 Å². The Morgan fingerprint density at radius 3 is 2.59 bits per heavy atom. The Bertz CT molecular complexity index is 414. The third-order valence-electron chi connectivity index (χ3n) is 3.57. The van der Waals surface area contributed by atoms with Crippen molar-refractivity contribution in [1.82, 2.24) is 10.2 Å². The molecule has 22 heavy (non-hydrogen) atoms. The smallest absolute Gasteiger partial charge is 0.326 e. The summed E-state index contributed by atoms with van der Waals surface area (Å²) in [6.45, 7) is 5.84. The molecule has 0 aromatic rings. The molecule has 7 heteroatoms. The first-order valence-corrected chi connectivity index (χ1v) is 8.92. The number of thioether (sulfide) groups is 1. The molecule has 0 bridgehead atoms. The highest BCUT2D eigenvalue weighted by atomic mass is 32.2. The molecule has 0 aliphatic carbocycles. The molecule has 0 radical (unpaired) electrons. The van der Waals surface area contributed by atoms with Gasteiger partial charge < -0.3 is 15.3 Å². The molecular formula is C15H26N2O4S. The molecule has 1 unspecified atom stereocenters. The van der Waals surface area contributed by atoms with Crippen LogP contribution in [-0.2, 0) is 14.4 Å². The van der Waals surface area contributed by atoms with E-state index in [1.54, 1.807) is 4.90 Å². The van der Waals surface area contributed by atoms with Crippen molar-refractivity contribution < 1.29 is 19.5 Å². The van der Waals surface area contributed by atoms with Gasteiger partial charge in [0.2, 0.25) is 11.8 Å². The zero-order chi connectivity index (χ0) is 16.7. The molecule has 1 saturated heterocycles. The molecule has 0 aromatic carbocycles. The van der Waals surface area contributed by atoms with Crippen LogP contribution in [0.4, 0.5) is 0 Å². The van der Waals surface area contributed by atoms with Gasteiger partial charge in [-0.2, -0.15) is 0 Å². The van der Waals surface area contributed by atoms with Crippen LogP contribution in [0.1, 0.15) is 46.5 Å². The summed E-state index contributed by atoms with van der Waals surface area (Å²) < 4.78 is 0. The van der Waals surface area contributed by atoms with Gasteiger partial charge in [0.1, 0.15) is 12.1 Å². The topological polar surface area (TPSA) is 86.7 Å². The quantitative estimate of drug-likeness (QED) is 0.707. The van der Waals surface area contributed by atoms with Crippen LogP contribution in [-0.4, -0.2) is 51.5 Å². The van der Waals surface area contributed by atoms with Crippen molar-refractivity contribution in [2.75, 3.05) is 11.6 Å². The maximum atomic E-state index is 12.3. The molecule has 2 amide bonds. The van der Waals surface area contributed by atoms with Gasteiger partial charge in [-0.05, 0) is 18.8 Å². The lowest BCUT2D eigenvalue weighted by molar-refractivity contribution is -0.144. The number of aliphatic carboxylic acids is 1. The van der Waals surface area contributed by atoms with Crippen LogP contribution in [0.3, 0.4) is 0 Å². The van der Waals surface area contributed by atoms with E-state index in [0.717, 1.165) is 12.8 Å². The second-order valence-electron chi connectivity index (χ2n) is 6.01. The average Bonchev–Trinajstić information content (AvgIpc) is 2.92. The second-order valence-corrected chi connectivity index (χ2v) is 7.01.